The summed E-state index contributed by atoms with van der Waals surface area (Å²) in [5, 5.41) is 0.809. The number of nitrogens with zero attached hydrogens (tertiary/aromatic N) is 2. The Balaban J connectivity index is 1.44. The largest absolute Gasteiger partial charge is 0.384 e. The number of halogens is 1. The van der Waals surface area contributed by atoms with E-state index in [0.29, 0.717) is 23.7 Å². The summed E-state index contributed by atoms with van der Waals surface area (Å²) >= 11 is 6.61. The van der Waals surface area contributed by atoms with E-state index in [-0.39, 0.29) is 0 Å². The van der Waals surface area contributed by atoms with Crippen molar-refractivity contribution in [2.75, 3.05) is 12.3 Å². The fourth-order valence-corrected chi connectivity index (χ4v) is 4.82. The number of hydrogen-bond acceptors (Lipinski definition) is 3. The molecule has 2 aliphatic rings. The molecule has 1 saturated carbocycles. The Morgan fingerprint density at radius 3 is 2.70 bits per heavy atom. The van der Waals surface area contributed by atoms with Gasteiger partial charge in [0.2, 0.25) is 5.91 Å². The highest BCUT2D eigenvalue weighted by atomic mass is 35.5. The molecule has 2 fully saturated rings. The predicted molar refractivity (Wildman–Crippen MR) is 109 cm³/mol. The first-order valence-corrected chi connectivity index (χ1v) is 10.3. The fourth-order valence-electron chi connectivity index (χ4n) is 4.57. The molecule has 2 aromatic rings. The van der Waals surface area contributed by atoms with Gasteiger partial charge in [-0.15, -0.1) is 0 Å². The third kappa shape index (κ3) is 4.11. The van der Waals surface area contributed by atoms with E-state index in [1.165, 1.54) is 18.4 Å². The van der Waals surface area contributed by atoms with Crippen LogP contribution in [0.4, 0.5) is 5.82 Å². The monoisotopic (exact) mass is 383 g/mol. The molecular formula is C22H26ClN3O. The zero-order valence-corrected chi connectivity index (χ0v) is 16.3. The summed E-state index contributed by atoms with van der Waals surface area (Å²) < 4.78 is 0. The maximum Gasteiger partial charge on any atom is 0.222 e. The molecule has 4 rings (SSSR count). The zero-order valence-electron chi connectivity index (χ0n) is 15.5. The minimum atomic E-state index is 0.347. The summed E-state index contributed by atoms with van der Waals surface area (Å²) in [6.45, 7) is 0.946. The van der Waals surface area contributed by atoms with Crippen molar-refractivity contribution in [3.05, 3.63) is 47.1 Å². The Labute approximate surface area is 165 Å². The first-order chi connectivity index (χ1) is 13.1. The van der Waals surface area contributed by atoms with Gasteiger partial charge in [-0.05, 0) is 67.3 Å². The van der Waals surface area contributed by atoms with Gasteiger partial charge in [0.05, 0.1) is 0 Å². The number of anilines is 1. The van der Waals surface area contributed by atoms with Gasteiger partial charge in [0, 0.05) is 35.8 Å². The zero-order chi connectivity index (χ0) is 18.8. The Kier molecular flexibility index (Phi) is 5.35. The van der Waals surface area contributed by atoms with Gasteiger partial charge in [-0.1, -0.05) is 30.2 Å². The first kappa shape index (κ1) is 18.3. The van der Waals surface area contributed by atoms with Crippen LogP contribution < -0.4 is 5.73 Å². The summed E-state index contributed by atoms with van der Waals surface area (Å²) in [4.78, 5) is 18.4. The molecule has 2 N–H and O–H groups in total. The third-order valence-electron chi connectivity index (χ3n) is 5.99. The number of nitrogens with two attached hydrogens (primary N) is 1. The SMILES string of the molecule is Nc1ccc(-c2ccc(CC3CCCC(N4CCCC4=O)C3)c(Cl)c2)cn1. The van der Waals surface area contributed by atoms with Crippen LogP contribution in [-0.4, -0.2) is 28.4 Å². The average Bonchev–Trinajstić information content (AvgIpc) is 3.10. The molecule has 1 aromatic heterocycles. The number of amides is 1. The molecule has 0 bridgehead atoms. The number of pyridine rings is 1. The fraction of sp³-hybridized carbons (Fsp3) is 0.455. The van der Waals surface area contributed by atoms with Crippen LogP contribution in [0.15, 0.2) is 36.5 Å². The lowest BCUT2D eigenvalue weighted by Crippen LogP contribution is -2.39. The maximum absolute atomic E-state index is 12.1. The van der Waals surface area contributed by atoms with E-state index in [1.54, 1.807) is 12.3 Å². The van der Waals surface area contributed by atoms with Crippen LogP contribution >= 0.6 is 11.6 Å². The smallest absolute Gasteiger partial charge is 0.222 e. The van der Waals surface area contributed by atoms with Gasteiger partial charge in [0.25, 0.3) is 0 Å². The number of hydrogen-bond donors (Lipinski definition) is 1. The van der Waals surface area contributed by atoms with E-state index in [2.05, 4.69) is 22.0 Å². The Morgan fingerprint density at radius 1 is 1.15 bits per heavy atom. The van der Waals surface area contributed by atoms with Crippen LogP contribution in [0.1, 0.15) is 44.1 Å². The van der Waals surface area contributed by atoms with E-state index in [9.17, 15) is 4.79 Å². The quantitative estimate of drug-likeness (QED) is 0.831. The summed E-state index contributed by atoms with van der Waals surface area (Å²) in [5.74, 6) is 1.46. The van der Waals surface area contributed by atoms with E-state index in [4.69, 9.17) is 17.3 Å². The maximum atomic E-state index is 12.1. The van der Waals surface area contributed by atoms with Crippen molar-refractivity contribution in [2.45, 2.75) is 51.0 Å². The van der Waals surface area contributed by atoms with Crippen molar-refractivity contribution >= 4 is 23.3 Å². The van der Waals surface area contributed by atoms with Gasteiger partial charge in [0.15, 0.2) is 0 Å². The topological polar surface area (TPSA) is 59.2 Å². The molecule has 142 valence electrons. The summed E-state index contributed by atoms with van der Waals surface area (Å²) in [5.41, 5.74) is 8.94. The number of nitrogen functional groups attached to an aromatic ring is 1. The average molecular weight is 384 g/mol. The van der Waals surface area contributed by atoms with Gasteiger partial charge >= 0.3 is 0 Å². The molecule has 4 nitrogen and oxygen atoms in total. The second kappa shape index (κ2) is 7.89. The van der Waals surface area contributed by atoms with E-state index >= 15 is 0 Å². The summed E-state index contributed by atoms with van der Waals surface area (Å²) in [6, 6.07) is 10.5. The van der Waals surface area contributed by atoms with E-state index < -0.39 is 0 Å². The minimum Gasteiger partial charge on any atom is -0.384 e. The number of likely N-dealkylation sites (tertiary alicyclic amines) is 1. The predicted octanol–water partition coefficient (Wildman–Crippen LogP) is 4.71. The highest BCUT2D eigenvalue weighted by Crippen LogP contribution is 2.34. The Bertz CT molecular complexity index is 821. The van der Waals surface area contributed by atoms with Crippen molar-refractivity contribution in [3.63, 3.8) is 0 Å². The Hall–Kier alpha value is -2.07. The molecule has 1 aromatic carbocycles. The lowest BCUT2D eigenvalue weighted by molar-refractivity contribution is -0.130. The third-order valence-corrected chi connectivity index (χ3v) is 6.34. The second-order valence-corrected chi connectivity index (χ2v) is 8.27. The highest BCUT2D eigenvalue weighted by molar-refractivity contribution is 6.31. The van der Waals surface area contributed by atoms with E-state index in [0.717, 1.165) is 54.8 Å². The van der Waals surface area contributed by atoms with Crippen LogP contribution in [-0.2, 0) is 11.2 Å². The van der Waals surface area contributed by atoms with Crippen LogP contribution in [0, 0.1) is 5.92 Å². The van der Waals surface area contributed by atoms with Gasteiger partial charge in [-0.2, -0.15) is 0 Å². The molecule has 2 unspecified atom stereocenters. The molecule has 0 spiro atoms. The molecular weight excluding hydrogens is 358 g/mol. The van der Waals surface area contributed by atoms with Crippen molar-refractivity contribution in [3.8, 4) is 11.1 Å². The molecule has 1 saturated heterocycles. The second-order valence-electron chi connectivity index (χ2n) is 7.86. The molecule has 27 heavy (non-hydrogen) atoms. The molecule has 1 aliphatic carbocycles. The number of carbonyl (C=O) groups is 1. The Morgan fingerprint density at radius 2 is 2.00 bits per heavy atom. The van der Waals surface area contributed by atoms with Crippen LogP contribution in [0.2, 0.25) is 5.02 Å². The molecule has 2 heterocycles. The van der Waals surface area contributed by atoms with Crippen LogP contribution in [0.25, 0.3) is 11.1 Å². The van der Waals surface area contributed by atoms with Crippen LogP contribution in [0.3, 0.4) is 0 Å². The molecule has 0 radical (unpaired) electrons. The summed E-state index contributed by atoms with van der Waals surface area (Å²) in [7, 11) is 0. The molecule has 5 heteroatoms. The van der Waals surface area contributed by atoms with Crippen molar-refractivity contribution in [2.24, 2.45) is 5.92 Å². The minimum absolute atomic E-state index is 0.347. The van der Waals surface area contributed by atoms with Gasteiger partial charge in [-0.3, -0.25) is 4.79 Å². The van der Waals surface area contributed by atoms with E-state index in [1.807, 2.05) is 12.1 Å². The van der Waals surface area contributed by atoms with Crippen LogP contribution in [0.5, 0.6) is 0 Å². The number of carbonyl (C=O) groups excluding carboxylic acids is 1. The number of aromatic nitrogens is 1. The van der Waals surface area contributed by atoms with Gasteiger partial charge in [-0.25, -0.2) is 4.98 Å². The van der Waals surface area contributed by atoms with Gasteiger partial charge in [0.1, 0.15) is 5.82 Å². The molecule has 1 amide bonds. The number of benzene rings is 1. The molecule has 2 atom stereocenters. The lowest BCUT2D eigenvalue weighted by atomic mass is 9.81. The highest BCUT2D eigenvalue weighted by Gasteiger charge is 2.32. The van der Waals surface area contributed by atoms with Crippen molar-refractivity contribution in [1.29, 1.82) is 0 Å². The normalized spacial score (nSPS) is 23.0. The summed E-state index contributed by atoms with van der Waals surface area (Å²) in [6.07, 6.45) is 9.19. The first-order valence-electron chi connectivity index (χ1n) is 9.90. The standard InChI is InChI=1S/C22H26ClN3O/c23-20-13-16(18-8-9-21(24)25-14-18)6-7-17(20)11-15-3-1-4-19(12-15)26-10-2-5-22(26)27/h6-9,13-15,19H,1-5,10-12H2,(H2,24,25). The van der Waals surface area contributed by atoms with Crippen molar-refractivity contribution < 1.29 is 4.79 Å². The number of rotatable bonds is 4. The van der Waals surface area contributed by atoms with Gasteiger partial charge < -0.3 is 10.6 Å². The lowest BCUT2D eigenvalue weighted by Gasteiger charge is -2.35. The molecule has 1 aliphatic heterocycles. The van der Waals surface area contributed by atoms with Crippen molar-refractivity contribution in [1.82, 2.24) is 9.88 Å².